The standard InChI is InChI=1S/C62H45N3O/c1-38-20-28-54(40(3)32-38)63(45-16-10-6-11-17-45)47-24-26-48-52-35-44-22-25-49-50-27-31-57(64(46-18-12-7-13-19-46)55-29-21-39(2)33-41(55)4)60-53-34-43(42-14-8-5-9-15-42)23-30-56(53)65(62(50)60)61(49)51(44)37-59(52)66-58(48)36-47/h5-37H,1-4H3. The summed E-state index contributed by atoms with van der Waals surface area (Å²) in [7, 11) is 0. The molecule has 0 saturated heterocycles. The maximum atomic E-state index is 6.94. The van der Waals surface area contributed by atoms with Crippen molar-refractivity contribution in [2.24, 2.45) is 0 Å². The van der Waals surface area contributed by atoms with E-state index in [4.69, 9.17) is 4.42 Å². The highest BCUT2D eigenvalue weighted by Gasteiger charge is 2.26. The number of benzene rings is 10. The Labute approximate surface area is 383 Å². The van der Waals surface area contributed by atoms with Gasteiger partial charge in [-0.3, -0.25) is 0 Å². The van der Waals surface area contributed by atoms with E-state index in [0.717, 1.165) is 50.4 Å². The van der Waals surface area contributed by atoms with Crippen LogP contribution in [-0.2, 0) is 0 Å². The number of hydrogen-bond acceptors (Lipinski definition) is 3. The first-order chi connectivity index (χ1) is 32.4. The Morgan fingerprint density at radius 1 is 0.364 bits per heavy atom. The van der Waals surface area contributed by atoms with E-state index < -0.39 is 0 Å². The number of hydrogen-bond donors (Lipinski definition) is 0. The van der Waals surface area contributed by atoms with E-state index in [-0.39, 0.29) is 0 Å². The van der Waals surface area contributed by atoms with Crippen molar-refractivity contribution in [1.82, 2.24) is 4.40 Å². The van der Waals surface area contributed by atoms with Gasteiger partial charge >= 0.3 is 0 Å². The van der Waals surface area contributed by atoms with Gasteiger partial charge in [0.15, 0.2) is 0 Å². The van der Waals surface area contributed by atoms with E-state index in [9.17, 15) is 0 Å². The summed E-state index contributed by atoms with van der Waals surface area (Å²) in [4.78, 5) is 4.79. The van der Waals surface area contributed by atoms with Crippen molar-refractivity contribution in [1.29, 1.82) is 0 Å². The second-order valence-electron chi connectivity index (χ2n) is 18.0. The van der Waals surface area contributed by atoms with Crippen molar-refractivity contribution >= 4 is 105 Å². The SMILES string of the molecule is Cc1ccc(N(c2ccccc2)c2ccc3c(c2)oc2cc4c(ccc5c6ccc(N(c7ccccc7)c7ccc(C)cc7C)c7c8cc(-c9ccccc9)ccc8n(c45)c67)cc23)c(C)c1. The minimum Gasteiger partial charge on any atom is -0.456 e. The molecule has 0 atom stereocenters. The fourth-order valence-corrected chi connectivity index (χ4v) is 10.8. The van der Waals surface area contributed by atoms with Gasteiger partial charge in [0.2, 0.25) is 0 Å². The van der Waals surface area contributed by atoms with Gasteiger partial charge in [-0.25, -0.2) is 0 Å². The third kappa shape index (κ3) is 5.78. The number of rotatable bonds is 7. The number of furan rings is 1. The molecule has 4 heteroatoms. The summed E-state index contributed by atoms with van der Waals surface area (Å²) in [5, 5.41) is 9.48. The summed E-state index contributed by atoms with van der Waals surface area (Å²) < 4.78 is 9.48. The van der Waals surface area contributed by atoms with Crippen LogP contribution in [0.25, 0.3) is 81.9 Å². The summed E-state index contributed by atoms with van der Waals surface area (Å²) in [6.45, 7) is 8.73. The molecule has 314 valence electrons. The van der Waals surface area contributed by atoms with Crippen molar-refractivity contribution in [2.75, 3.05) is 9.80 Å². The van der Waals surface area contributed by atoms with Gasteiger partial charge in [-0.05, 0) is 134 Å². The second-order valence-corrected chi connectivity index (χ2v) is 18.0. The number of aromatic nitrogens is 1. The van der Waals surface area contributed by atoms with Gasteiger partial charge in [0.1, 0.15) is 11.2 Å². The van der Waals surface area contributed by atoms with Crippen LogP contribution >= 0.6 is 0 Å². The van der Waals surface area contributed by atoms with E-state index in [1.807, 2.05) is 0 Å². The van der Waals surface area contributed by atoms with Crippen molar-refractivity contribution in [3.8, 4) is 11.1 Å². The van der Waals surface area contributed by atoms with Crippen LogP contribution in [0.4, 0.5) is 34.1 Å². The largest absolute Gasteiger partial charge is 0.456 e. The third-order valence-corrected chi connectivity index (χ3v) is 13.8. The molecule has 10 aromatic carbocycles. The van der Waals surface area contributed by atoms with E-state index in [1.54, 1.807) is 0 Å². The lowest BCUT2D eigenvalue weighted by molar-refractivity contribution is 0.669. The lowest BCUT2D eigenvalue weighted by atomic mass is 9.99. The van der Waals surface area contributed by atoms with Crippen molar-refractivity contribution in [3.63, 3.8) is 0 Å². The molecular formula is C62H45N3O. The van der Waals surface area contributed by atoms with Crippen LogP contribution in [0.5, 0.6) is 0 Å². The van der Waals surface area contributed by atoms with Gasteiger partial charge < -0.3 is 18.6 Å². The highest BCUT2D eigenvalue weighted by atomic mass is 16.3. The number of anilines is 6. The lowest BCUT2D eigenvalue weighted by Crippen LogP contribution is -2.11. The predicted molar refractivity (Wildman–Crippen MR) is 280 cm³/mol. The Morgan fingerprint density at radius 2 is 0.955 bits per heavy atom. The van der Waals surface area contributed by atoms with Gasteiger partial charge in [-0.2, -0.15) is 0 Å². The normalized spacial score (nSPS) is 11.9. The van der Waals surface area contributed by atoms with Crippen LogP contribution in [0.2, 0.25) is 0 Å². The molecule has 0 aliphatic rings. The first-order valence-corrected chi connectivity index (χ1v) is 22.8. The van der Waals surface area contributed by atoms with Crippen LogP contribution < -0.4 is 9.80 Å². The fourth-order valence-electron chi connectivity index (χ4n) is 10.8. The average Bonchev–Trinajstić information content (AvgIpc) is 4.00. The first kappa shape index (κ1) is 38.1. The van der Waals surface area contributed by atoms with Gasteiger partial charge in [-0.15, -0.1) is 0 Å². The van der Waals surface area contributed by atoms with Crippen LogP contribution in [0.1, 0.15) is 22.3 Å². The molecule has 0 N–H and O–H groups in total. The Morgan fingerprint density at radius 3 is 1.65 bits per heavy atom. The number of fused-ring (bicyclic) bond motifs is 11. The monoisotopic (exact) mass is 847 g/mol. The maximum absolute atomic E-state index is 6.94. The average molecular weight is 848 g/mol. The number of aryl methyl sites for hydroxylation is 4. The Kier molecular flexibility index (Phi) is 8.44. The molecule has 4 nitrogen and oxygen atoms in total. The number of para-hydroxylation sites is 2. The molecule has 3 heterocycles. The van der Waals surface area contributed by atoms with Gasteiger partial charge in [-0.1, -0.05) is 126 Å². The lowest BCUT2D eigenvalue weighted by Gasteiger charge is -2.28. The van der Waals surface area contributed by atoms with Crippen LogP contribution in [-0.4, -0.2) is 4.40 Å². The maximum Gasteiger partial charge on any atom is 0.137 e. The smallest absolute Gasteiger partial charge is 0.137 e. The first-order valence-electron chi connectivity index (χ1n) is 22.8. The minimum absolute atomic E-state index is 0.864. The molecule has 0 spiro atoms. The topological polar surface area (TPSA) is 24.0 Å². The third-order valence-electron chi connectivity index (χ3n) is 13.8. The molecule has 13 aromatic rings. The summed E-state index contributed by atoms with van der Waals surface area (Å²) in [5.41, 5.74) is 19.4. The molecule has 0 radical (unpaired) electrons. The fraction of sp³-hybridized carbons (Fsp3) is 0.0645. The molecule has 0 aliphatic carbocycles. The highest BCUT2D eigenvalue weighted by molar-refractivity contribution is 6.31. The Balaban J connectivity index is 1.08. The summed E-state index contributed by atoms with van der Waals surface area (Å²) >= 11 is 0. The van der Waals surface area contributed by atoms with Crippen molar-refractivity contribution in [3.05, 3.63) is 222 Å². The number of nitrogens with zero attached hydrogens (tertiary/aromatic N) is 3. The van der Waals surface area contributed by atoms with E-state index in [2.05, 4.69) is 242 Å². The second kappa shape index (κ2) is 14.6. The summed E-state index contributed by atoms with van der Waals surface area (Å²) in [5.74, 6) is 0. The zero-order chi connectivity index (χ0) is 44.2. The quantitative estimate of drug-likeness (QED) is 0.160. The van der Waals surface area contributed by atoms with E-state index in [0.29, 0.717) is 0 Å². The van der Waals surface area contributed by atoms with Crippen LogP contribution in [0, 0.1) is 27.7 Å². The van der Waals surface area contributed by atoms with Crippen molar-refractivity contribution in [2.45, 2.75) is 27.7 Å². The molecule has 13 rings (SSSR count). The zero-order valence-corrected chi connectivity index (χ0v) is 37.3. The Bertz CT molecular complexity index is 4030. The van der Waals surface area contributed by atoms with Gasteiger partial charge in [0.05, 0.1) is 22.2 Å². The molecular weight excluding hydrogens is 803 g/mol. The molecule has 0 fully saturated rings. The zero-order valence-electron chi connectivity index (χ0n) is 37.3. The predicted octanol–water partition coefficient (Wildman–Crippen LogP) is 17.7. The molecule has 0 saturated carbocycles. The van der Waals surface area contributed by atoms with Crippen LogP contribution in [0.3, 0.4) is 0 Å². The van der Waals surface area contributed by atoms with Gasteiger partial charge in [0, 0.05) is 72.2 Å². The molecule has 0 aliphatic heterocycles. The van der Waals surface area contributed by atoms with Crippen LogP contribution in [0.15, 0.2) is 205 Å². The minimum atomic E-state index is 0.864. The van der Waals surface area contributed by atoms with Gasteiger partial charge in [0.25, 0.3) is 0 Å². The Hall–Kier alpha value is -8.34. The molecule has 0 amide bonds. The van der Waals surface area contributed by atoms with E-state index >= 15 is 0 Å². The molecule has 0 unspecified atom stereocenters. The van der Waals surface area contributed by atoms with Crippen molar-refractivity contribution < 1.29 is 4.42 Å². The highest BCUT2D eigenvalue weighted by Crippen LogP contribution is 2.50. The van der Waals surface area contributed by atoms with E-state index in [1.165, 1.54) is 87.9 Å². The summed E-state index contributed by atoms with van der Waals surface area (Å²) in [6.07, 6.45) is 0. The summed E-state index contributed by atoms with van der Waals surface area (Å²) in [6, 6.07) is 73.3. The molecule has 0 bridgehead atoms. The molecule has 66 heavy (non-hydrogen) atoms. The molecule has 3 aromatic heterocycles.